The second-order valence-corrected chi connectivity index (χ2v) is 4.82. The molecule has 1 aromatic carbocycles. The summed E-state index contributed by atoms with van der Waals surface area (Å²) >= 11 is 0. The van der Waals surface area contributed by atoms with Gasteiger partial charge in [-0.15, -0.1) is 0 Å². The minimum Gasteiger partial charge on any atom is -0.319 e. The van der Waals surface area contributed by atoms with E-state index in [1.165, 1.54) is 16.7 Å². The van der Waals surface area contributed by atoms with E-state index in [2.05, 4.69) is 44.1 Å². The van der Waals surface area contributed by atoms with Crippen LogP contribution in [-0.4, -0.2) is 9.78 Å². The lowest BCUT2D eigenvalue weighted by Crippen LogP contribution is -2.18. The summed E-state index contributed by atoms with van der Waals surface area (Å²) in [6, 6.07) is 8.33. The quantitative estimate of drug-likeness (QED) is 0.897. The maximum atomic E-state index is 6.38. The Bertz CT molecular complexity index is 528. The Labute approximate surface area is 109 Å². The van der Waals surface area contributed by atoms with Gasteiger partial charge in [-0.25, -0.2) is 0 Å². The van der Waals surface area contributed by atoms with Crippen LogP contribution in [0.25, 0.3) is 0 Å². The van der Waals surface area contributed by atoms with E-state index in [-0.39, 0.29) is 6.04 Å². The first-order valence-corrected chi connectivity index (χ1v) is 6.48. The lowest BCUT2D eigenvalue weighted by atomic mass is 9.97. The van der Waals surface area contributed by atoms with E-state index in [9.17, 15) is 0 Å². The molecule has 2 N–H and O–H groups in total. The molecule has 0 amide bonds. The van der Waals surface area contributed by atoms with Gasteiger partial charge in [0.15, 0.2) is 0 Å². The number of nitrogens with two attached hydrogens (primary N) is 1. The SMILES string of the molecule is CCCn1nccc1C(N)c1ccc(C)cc1C. The Morgan fingerprint density at radius 2 is 2.06 bits per heavy atom. The predicted molar refractivity (Wildman–Crippen MR) is 74.5 cm³/mol. The molecule has 1 atom stereocenters. The molecule has 18 heavy (non-hydrogen) atoms. The fourth-order valence-corrected chi connectivity index (χ4v) is 2.34. The highest BCUT2D eigenvalue weighted by Crippen LogP contribution is 2.23. The molecule has 0 aliphatic carbocycles. The van der Waals surface area contributed by atoms with Gasteiger partial charge < -0.3 is 5.73 Å². The smallest absolute Gasteiger partial charge is 0.0725 e. The van der Waals surface area contributed by atoms with E-state index in [1.54, 1.807) is 0 Å². The molecule has 0 spiro atoms. The zero-order valence-corrected chi connectivity index (χ0v) is 11.4. The third kappa shape index (κ3) is 2.46. The number of benzene rings is 1. The summed E-state index contributed by atoms with van der Waals surface area (Å²) < 4.78 is 2.00. The summed E-state index contributed by atoms with van der Waals surface area (Å²) in [5.74, 6) is 0. The highest BCUT2D eigenvalue weighted by Gasteiger charge is 2.15. The van der Waals surface area contributed by atoms with Crippen LogP contribution in [0, 0.1) is 13.8 Å². The number of hydrogen-bond acceptors (Lipinski definition) is 2. The Kier molecular flexibility index (Phi) is 3.82. The van der Waals surface area contributed by atoms with Crippen LogP contribution in [0.3, 0.4) is 0 Å². The van der Waals surface area contributed by atoms with Gasteiger partial charge in [-0.05, 0) is 37.5 Å². The molecule has 1 aromatic heterocycles. The highest BCUT2D eigenvalue weighted by atomic mass is 15.3. The van der Waals surface area contributed by atoms with Crippen LogP contribution >= 0.6 is 0 Å². The average Bonchev–Trinajstić information content (AvgIpc) is 2.77. The van der Waals surface area contributed by atoms with E-state index in [0.29, 0.717) is 0 Å². The number of hydrogen-bond donors (Lipinski definition) is 1. The first-order valence-electron chi connectivity index (χ1n) is 6.48. The molecule has 3 heteroatoms. The molecule has 0 aliphatic heterocycles. The average molecular weight is 243 g/mol. The van der Waals surface area contributed by atoms with Crippen LogP contribution in [0.15, 0.2) is 30.5 Å². The van der Waals surface area contributed by atoms with Crippen LogP contribution in [-0.2, 0) is 6.54 Å². The minimum atomic E-state index is -0.0975. The second-order valence-electron chi connectivity index (χ2n) is 4.82. The van der Waals surface area contributed by atoms with Crippen LogP contribution < -0.4 is 5.73 Å². The third-order valence-corrected chi connectivity index (χ3v) is 3.26. The summed E-state index contributed by atoms with van der Waals surface area (Å²) in [6.07, 6.45) is 2.89. The van der Waals surface area contributed by atoms with Crippen LogP contribution in [0.4, 0.5) is 0 Å². The first kappa shape index (κ1) is 12.8. The number of aryl methyl sites for hydroxylation is 3. The molecule has 3 nitrogen and oxygen atoms in total. The molecule has 2 aromatic rings. The van der Waals surface area contributed by atoms with Crippen molar-refractivity contribution in [1.82, 2.24) is 9.78 Å². The molecule has 0 aliphatic rings. The summed E-state index contributed by atoms with van der Waals surface area (Å²) in [7, 11) is 0. The van der Waals surface area contributed by atoms with Gasteiger partial charge in [0.2, 0.25) is 0 Å². The molecule has 0 radical (unpaired) electrons. The Balaban J connectivity index is 2.35. The zero-order chi connectivity index (χ0) is 13.1. The molecule has 1 unspecified atom stereocenters. The Morgan fingerprint density at radius 1 is 1.28 bits per heavy atom. The van der Waals surface area contributed by atoms with E-state index in [1.807, 2.05) is 16.9 Å². The van der Waals surface area contributed by atoms with Gasteiger partial charge in [0.25, 0.3) is 0 Å². The lowest BCUT2D eigenvalue weighted by molar-refractivity contribution is 0.559. The van der Waals surface area contributed by atoms with Crippen molar-refractivity contribution >= 4 is 0 Å². The van der Waals surface area contributed by atoms with Crippen molar-refractivity contribution in [3.63, 3.8) is 0 Å². The van der Waals surface area contributed by atoms with Crippen molar-refractivity contribution in [3.8, 4) is 0 Å². The normalized spacial score (nSPS) is 12.7. The summed E-state index contributed by atoms with van der Waals surface area (Å²) in [5.41, 5.74) is 11.2. The standard InChI is InChI=1S/C15H21N3/c1-4-9-18-14(7-8-17-18)15(16)13-6-5-11(2)10-12(13)3/h5-8,10,15H,4,9,16H2,1-3H3. The molecule has 0 bridgehead atoms. The molecule has 0 fully saturated rings. The van der Waals surface area contributed by atoms with Crippen molar-refractivity contribution in [1.29, 1.82) is 0 Å². The fourth-order valence-electron chi connectivity index (χ4n) is 2.34. The molecular formula is C15H21N3. The zero-order valence-electron chi connectivity index (χ0n) is 11.4. The van der Waals surface area contributed by atoms with E-state index >= 15 is 0 Å². The lowest BCUT2D eigenvalue weighted by Gasteiger charge is -2.17. The molecule has 0 saturated heterocycles. The van der Waals surface area contributed by atoms with Crippen molar-refractivity contribution in [2.75, 3.05) is 0 Å². The van der Waals surface area contributed by atoms with Gasteiger partial charge in [-0.1, -0.05) is 30.7 Å². The first-order chi connectivity index (χ1) is 8.63. The molecule has 1 heterocycles. The van der Waals surface area contributed by atoms with E-state index in [0.717, 1.165) is 18.7 Å². The summed E-state index contributed by atoms with van der Waals surface area (Å²) in [5, 5.41) is 4.34. The van der Waals surface area contributed by atoms with E-state index in [4.69, 9.17) is 5.73 Å². The topological polar surface area (TPSA) is 43.8 Å². The number of nitrogens with zero attached hydrogens (tertiary/aromatic N) is 2. The molecule has 96 valence electrons. The van der Waals surface area contributed by atoms with Gasteiger partial charge in [0.05, 0.1) is 11.7 Å². The molecular weight excluding hydrogens is 222 g/mol. The maximum absolute atomic E-state index is 6.38. The Morgan fingerprint density at radius 3 is 2.72 bits per heavy atom. The summed E-state index contributed by atoms with van der Waals surface area (Å²) in [4.78, 5) is 0. The third-order valence-electron chi connectivity index (χ3n) is 3.26. The van der Waals surface area contributed by atoms with Gasteiger partial charge in [-0.3, -0.25) is 4.68 Å². The number of rotatable bonds is 4. The summed E-state index contributed by atoms with van der Waals surface area (Å²) in [6.45, 7) is 7.28. The van der Waals surface area contributed by atoms with E-state index < -0.39 is 0 Å². The van der Waals surface area contributed by atoms with Crippen LogP contribution in [0.2, 0.25) is 0 Å². The van der Waals surface area contributed by atoms with Crippen molar-refractivity contribution in [2.24, 2.45) is 5.73 Å². The Hall–Kier alpha value is -1.61. The van der Waals surface area contributed by atoms with Gasteiger partial charge in [-0.2, -0.15) is 5.10 Å². The van der Waals surface area contributed by atoms with Crippen molar-refractivity contribution in [3.05, 3.63) is 52.8 Å². The monoisotopic (exact) mass is 243 g/mol. The highest BCUT2D eigenvalue weighted by molar-refractivity contribution is 5.36. The predicted octanol–water partition coefficient (Wildman–Crippen LogP) is 2.96. The fraction of sp³-hybridized carbons (Fsp3) is 0.400. The molecule has 2 rings (SSSR count). The molecule has 0 saturated carbocycles. The van der Waals surface area contributed by atoms with Crippen LogP contribution in [0.1, 0.15) is 41.8 Å². The number of aromatic nitrogens is 2. The van der Waals surface area contributed by atoms with Gasteiger partial charge >= 0.3 is 0 Å². The second kappa shape index (κ2) is 5.36. The van der Waals surface area contributed by atoms with Crippen molar-refractivity contribution in [2.45, 2.75) is 39.8 Å². The largest absolute Gasteiger partial charge is 0.319 e. The van der Waals surface area contributed by atoms with Gasteiger partial charge in [0.1, 0.15) is 0 Å². The maximum Gasteiger partial charge on any atom is 0.0725 e. The van der Waals surface area contributed by atoms with Crippen molar-refractivity contribution < 1.29 is 0 Å². The van der Waals surface area contributed by atoms with Gasteiger partial charge in [0, 0.05) is 12.7 Å². The van der Waals surface area contributed by atoms with Crippen LogP contribution in [0.5, 0.6) is 0 Å². The minimum absolute atomic E-state index is 0.0975.